The molecule has 18 heavy (non-hydrogen) atoms. The topological polar surface area (TPSA) is 79.3 Å². The van der Waals surface area contributed by atoms with E-state index in [1.54, 1.807) is 0 Å². The summed E-state index contributed by atoms with van der Waals surface area (Å²) in [4.78, 5) is 3.60. The molecule has 0 atom stereocenters. The molecule has 0 aliphatic carbocycles. The lowest BCUT2D eigenvalue weighted by Crippen LogP contribution is -2.14. The van der Waals surface area contributed by atoms with E-state index in [2.05, 4.69) is 9.71 Å². The number of sulfonamides is 1. The second kappa shape index (κ2) is 4.61. The van der Waals surface area contributed by atoms with Crippen molar-refractivity contribution in [2.45, 2.75) is 4.90 Å². The van der Waals surface area contributed by atoms with Gasteiger partial charge in [0.15, 0.2) is 5.82 Å². The van der Waals surface area contributed by atoms with E-state index in [1.165, 1.54) is 24.4 Å². The zero-order chi connectivity index (χ0) is 13.2. The van der Waals surface area contributed by atoms with Crippen molar-refractivity contribution in [1.29, 1.82) is 0 Å². The highest BCUT2D eigenvalue weighted by atomic mass is 32.2. The van der Waals surface area contributed by atoms with E-state index in [1.807, 2.05) is 0 Å². The van der Waals surface area contributed by atoms with Gasteiger partial charge in [-0.3, -0.25) is 9.71 Å². The van der Waals surface area contributed by atoms with E-state index in [9.17, 15) is 12.8 Å². The molecule has 0 aliphatic rings. The van der Waals surface area contributed by atoms with E-state index in [4.69, 9.17) is 5.11 Å². The zero-order valence-corrected chi connectivity index (χ0v) is 9.86. The number of aromatic hydroxyl groups is 1. The number of hydrogen-bond acceptors (Lipinski definition) is 4. The van der Waals surface area contributed by atoms with Crippen molar-refractivity contribution in [2.24, 2.45) is 0 Å². The summed E-state index contributed by atoms with van der Waals surface area (Å²) in [7, 11) is -3.88. The molecule has 0 unspecified atom stereocenters. The van der Waals surface area contributed by atoms with E-state index >= 15 is 0 Å². The first kappa shape index (κ1) is 12.3. The summed E-state index contributed by atoms with van der Waals surface area (Å²) in [5.74, 6) is -1.14. The van der Waals surface area contributed by atoms with Crippen molar-refractivity contribution in [3.8, 4) is 5.75 Å². The molecular weight excluding hydrogens is 259 g/mol. The minimum absolute atomic E-state index is 0.0718. The van der Waals surface area contributed by atoms with Gasteiger partial charge in [-0.2, -0.15) is 0 Å². The number of hydrogen-bond donors (Lipinski definition) is 2. The molecule has 0 saturated carbocycles. The Morgan fingerprint density at radius 3 is 2.67 bits per heavy atom. The fraction of sp³-hybridized carbons (Fsp3) is 0. The van der Waals surface area contributed by atoms with Gasteiger partial charge in [-0.15, -0.1) is 0 Å². The van der Waals surface area contributed by atoms with Crippen molar-refractivity contribution in [3.05, 3.63) is 48.5 Å². The number of rotatable bonds is 3. The van der Waals surface area contributed by atoms with E-state index in [0.29, 0.717) is 0 Å². The summed E-state index contributed by atoms with van der Waals surface area (Å²) in [5, 5.41) is 9.03. The molecule has 0 radical (unpaired) electrons. The van der Waals surface area contributed by atoms with E-state index < -0.39 is 15.8 Å². The summed E-state index contributed by atoms with van der Waals surface area (Å²) in [6.07, 6.45) is 2.58. The summed E-state index contributed by atoms with van der Waals surface area (Å²) in [5.41, 5.74) is -0.239. The average molecular weight is 268 g/mol. The van der Waals surface area contributed by atoms with Gasteiger partial charge in [0, 0.05) is 18.5 Å². The number of phenolic OH excluding ortho intramolecular Hbond substituents is 1. The quantitative estimate of drug-likeness (QED) is 0.831. The highest BCUT2D eigenvalue weighted by Crippen LogP contribution is 2.22. The molecule has 1 aromatic heterocycles. The first-order chi connectivity index (χ1) is 8.49. The molecule has 94 valence electrons. The van der Waals surface area contributed by atoms with Crippen LogP contribution >= 0.6 is 0 Å². The van der Waals surface area contributed by atoms with Crippen LogP contribution in [0.25, 0.3) is 0 Å². The molecular formula is C11H9FN2O3S. The van der Waals surface area contributed by atoms with Crippen LogP contribution in [0.4, 0.5) is 10.1 Å². The molecule has 5 nitrogen and oxygen atoms in total. The first-order valence-corrected chi connectivity index (χ1v) is 6.39. The van der Waals surface area contributed by atoms with Gasteiger partial charge in [-0.25, -0.2) is 12.8 Å². The minimum atomic E-state index is -3.88. The maximum absolute atomic E-state index is 13.4. The van der Waals surface area contributed by atoms with Gasteiger partial charge in [0.2, 0.25) is 0 Å². The Morgan fingerprint density at radius 1 is 1.28 bits per heavy atom. The summed E-state index contributed by atoms with van der Waals surface area (Å²) < 4.78 is 39.2. The molecule has 0 fully saturated rings. The van der Waals surface area contributed by atoms with Crippen LogP contribution in [0, 0.1) is 5.82 Å². The predicted molar refractivity (Wildman–Crippen MR) is 63.1 cm³/mol. The molecule has 7 heteroatoms. The second-order valence-corrected chi connectivity index (χ2v) is 5.14. The number of anilines is 1. The van der Waals surface area contributed by atoms with Gasteiger partial charge in [-0.05, 0) is 24.3 Å². The Morgan fingerprint density at radius 2 is 2.06 bits per heavy atom. The number of phenols is 1. The second-order valence-electron chi connectivity index (χ2n) is 3.46. The van der Waals surface area contributed by atoms with Gasteiger partial charge >= 0.3 is 0 Å². The summed E-state index contributed by atoms with van der Waals surface area (Å²) >= 11 is 0. The molecule has 2 rings (SSSR count). The lowest BCUT2D eigenvalue weighted by atomic mass is 10.3. The Kier molecular flexibility index (Phi) is 3.15. The Hall–Kier alpha value is -2.15. The highest BCUT2D eigenvalue weighted by molar-refractivity contribution is 7.92. The molecule has 0 bridgehead atoms. The lowest BCUT2D eigenvalue weighted by Gasteiger charge is -2.08. The van der Waals surface area contributed by atoms with Crippen molar-refractivity contribution in [2.75, 3.05) is 4.72 Å². The average Bonchev–Trinajstić information content (AvgIpc) is 2.34. The maximum atomic E-state index is 13.4. The summed E-state index contributed by atoms with van der Waals surface area (Å²) in [6.45, 7) is 0. The highest BCUT2D eigenvalue weighted by Gasteiger charge is 2.16. The van der Waals surface area contributed by atoms with Crippen molar-refractivity contribution < 1.29 is 17.9 Å². The molecule has 0 spiro atoms. The summed E-state index contributed by atoms with van der Waals surface area (Å²) in [6, 6.07) is 5.94. The number of nitrogens with zero attached hydrogens (tertiary/aromatic N) is 1. The zero-order valence-electron chi connectivity index (χ0n) is 9.04. The number of halogens is 1. The van der Waals surface area contributed by atoms with Crippen LogP contribution in [0.15, 0.2) is 47.6 Å². The molecule has 0 saturated heterocycles. The fourth-order valence-corrected chi connectivity index (χ4v) is 2.33. The molecule has 0 amide bonds. The third-order valence-corrected chi connectivity index (χ3v) is 3.49. The van der Waals surface area contributed by atoms with Crippen LogP contribution < -0.4 is 4.72 Å². The van der Waals surface area contributed by atoms with Crippen LogP contribution in [-0.4, -0.2) is 18.5 Å². The third-order valence-electron chi connectivity index (χ3n) is 2.14. The van der Waals surface area contributed by atoms with Crippen molar-refractivity contribution >= 4 is 15.7 Å². The lowest BCUT2D eigenvalue weighted by molar-refractivity contribution is 0.469. The smallest absolute Gasteiger partial charge is 0.263 e. The largest absolute Gasteiger partial charge is 0.508 e. The SMILES string of the molecule is O=S(=O)(Nc1ccc(O)cc1F)c1cccnc1. The molecule has 0 aliphatic heterocycles. The van der Waals surface area contributed by atoms with Crippen molar-refractivity contribution in [1.82, 2.24) is 4.98 Å². The standard InChI is InChI=1S/C11H9FN2O3S/c12-10-6-8(15)3-4-11(10)14-18(16,17)9-2-1-5-13-7-9/h1-7,14-15H. The van der Waals surface area contributed by atoms with Crippen LogP contribution in [0.3, 0.4) is 0 Å². The van der Waals surface area contributed by atoms with Gasteiger partial charge in [0.25, 0.3) is 10.0 Å². The van der Waals surface area contributed by atoms with E-state index in [0.717, 1.165) is 18.3 Å². The molecule has 1 aromatic carbocycles. The van der Waals surface area contributed by atoms with Crippen LogP contribution in [0.5, 0.6) is 5.75 Å². The number of pyridine rings is 1. The first-order valence-electron chi connectivity index (χ1n) is 4.90. The Balaban J connectivity index is 2.34. The van der Waals surface area contributed by atoms with Gasteiger partial charge in [-0.1, -0.05) is 0 Å². The Bertz CT molecular complexity index is 659. The Labute approximate surface area is 103 Å². The number of benzene rings is 1. The van der Waals surface area contributed by atoms with E-state index in [-0.39, 0.29) is 16.3 Å². The van der Waals surface area contributed by atoms with Crippen LogP contribution in [0.2, 0.25) is 0 Å². The van der Waals surface area contributed by atoms with Crippen molar-refractivity contribution in [3.63, 3.8) is 0 Å². The monoisotopic (exact) mass is 268 g/mol. The van der Waals surface area contributed by atoms with Gasteiger partial charge < -0.3 is 5.11 Å². The van der Waals surface area contributed by atoms with Crippen LogP contribution in [0.1, 0.15) is 0 Å². The van der Waals surface area contributed by atoms with Gasteiger partial charge in [0.05, 0.1) is 5.69 Å². The minimum Gasteiger partial charge on any atom is -0.508 e. The molecule has 2 N–H and O–H groups in total. The maximum Gasteiger partial charge on any atom is 0.263 e. The van der Waals surface area contributed by atoms with Crippen LogP contribution in [-0.2, 0) is 10.0 Å². The third kappa shape index (κ3) is 2.57. The normalized spacial score (nSPS) is 11.2. The number of aromatic nitrogens is 1. The molecule has 2 aromatic rings. The van der Waals surface area contributed by atoms with Gasteiger partial charge in [0.1, 0.15) is 10.6 Å². The fourth-order valence-electron chi connectivity index (χ4n) is 1.30. The number of nitrogens with one attached hydrogen (secondary N) is 1. The predicted octanol–water partition coefficient (Wildman–Crippen LogP) is 1.73. The molecule has 1 heterocycles.